The number of hydrogen-bond donors (Lipinski definition) is 0. The van der Waals surface area contributed by atoms with Crippen molar-refractivity contribution >= 4 is 5.97 Å². The molecule has 2 fully saturated rings. The smallest absolute Gasteiger partial charge is 0.308 e. The number of ether oxygens (including phenoxy) is 1. The zero-order chi connectivity index (χ0) is 16.8. The minimum Gasteiger partial charge on any atom is -0.466 e. The molecule has 1 aliphatic heterocycles. The second-order valence-corrected chi connectivity index (χ2v) is 7.06. The molecule has 0 radical (unpaired) electrons. The van der Waals surface area contributed by atoms with Gasteiger partial charge in [-0.1, -0.05) is 30.3 Å². The zero-order valence-electron chi connectivity index (χ0n) is 14.8. The molecule has 3 rings (SSSR count). The highest BCUT2D eigenvalue weighted by atomic mass is 16.5. The average Bonchev–Trinajstić information content (AvgIpc) is 2.64. The fourth-order valence-corrected chi connectivity index (χ4v) is 4.07. The predicted octanol–water partition coefficient (Wildman–Crippen LogP) is 2.93. The summed E-state index contributed by atoms with van der Waals surface area (Å²) in [6.45, 7) is 8.05. The molecule has 132 valence electrons. The van der Waals surface area contributed by atoms with E-state index >= 15 is 0 Å². The van der Waals surface area contributed by atoms with E-state index in [-0.39, 0.29) is 11.9 Å². The number of piperazine rings is 1. The first-order chi connectivity index (χ1) is 11.8. The lowest BCUT2D eigenvalue weighted by molar-refractivity contribution is -0.149. The Morgan fingerprint density at radius 2 is 1.71 bits per heavy atom. The second-order valence-electron chi connectivity index (χ2n) is 7.06. The molecule has 24 heavy (non-hydrogen) atoms. The largest absolute Gasteiger partial charge is 0.466 e. The van der Waals surface area contributed by atoms with Crippen LogP contribution >= 0.6 is 0 Å². The monoisotopic (exact) mass is 330 g/mol. The van der Waals surface area contributed by atoms with Gasteiger partial charge in [-0.05, 0) is 38.2 Å². The summed E-state index contributed by atoms with van der Waals surface area (Å²) in [7, 11) is 0. The molecular weight excluding hydrogens is 300 g/mol. The summed E-state index contributed by atoms with van der Waals surface area (Å²) in [5.41, 5.74) is 1.40. The molecule has 0 bridgehead atoms. The topological polar surface area (TPSA) is 32.8 Å². The van der Waals surface area contributed by atoms with Gasteiger partial charge >= 0.3 is 5.97 Å². The Bertz CT molecular complexity index is 504. The fourth-order valence-electron chi connectivity index (χ4n) is 4.07. The van der Waals surface area contributed by atoms with Crippen LogP contribution in [0.15, 0.2) is 30.3 Å². The summed E-state index contributed by atoms with van der Waals surface area (Å²) >= 11 is 0. The van der Waals surface area contributed by atoms with Crippen molar-refractivity contribution < 1.29 is 9.53 Å². The highest BCUT2D eigenvalue weighted by Gasteiger charge is 2.31. The molecule has 0 aromatic heterocycles. The van der Waals surface area contributed by atoms with Crippen molar-refractivity contribution in [3.05, 3.63) is 35.9 Å². The van der Waals surface area contributed by atoms with Crippen molar-refractivity contribution in [2.75, 3.05) is 32.8 Å². The van der Waals surface area contributed by atoms with Crippen LogP contribution in [0.5, 0.6) is 0 Å². The Hall–Kier alpha value is -1.39. The first kappa shape index (κ1) is 17.4. The van der Waals surface area contributed by atoms with Gasteiger partial charge in [0, 0.05) is 38.8 Å². The Morgan fingerprint density at radius 1 is 1.04 bits per heavy atom. The summed E-state index contributed by atoms with van der Waals surface area (Å²) in [6.07, 6.45) is 4.27. The molecule has 1 heterocycles. The van der Waals surface area contributed by atoms with Crippen molar-refractivity contribution in [3.63, 3.8) is 0 Å². The number of carbonyl (C=O) groups excluding carboxylic acids is 1. The third kappa shape index (κ3) is 4.58. The molecule has 0 unspecified atom stereocenters. The van der Waals surface area contributed by atoms with Crippen LogP contribution in [0.2, 0.25) is 0 Å². The normalized spacial score (nSPS) is 26.2. The number of rotatable bonds is 5. The van der Waals surface area contributed by atoms with Gasteiger partial charge in [0.1, 0.15) is 0 Å². The lowest BCUT2D eigenvalue weighted by Gasteiger charge is -2.41. The standard InChI is InChI=1S/C20H30N2O2/c1-2-24-20(23)18-8-10-19(11-9-18)22-14-12-21(13-15-22)16-17-6-4-3-5-7-17/h3-7,18-19H,2,8-16H2,1H3. The molecule has 1 aliphatic carbocycles. The first-order valence-electron chi connectivity index (χ1n) is 9.43. The molecule has 4 heteroatoms. The highest BCUT2D eigenvalue weighted by molar-refractivity contribution is 5.72. The number of benzene rings is 1. The Labute approximate surface area is 145 Å². The van der Waals surface area contributed by atoms with Gasteiger partial charge < -0.3 is 4.74 Å². The van der Waals surface area contributed by atoms with E-state index in [4.69, 9.17) is 4.74 Å². The van der Waals surface area contributed by atoms with E-state index in [1.807, 2.05) is 6.92 Å². The fraction of sp³-hybridized carbons (Fsp3) is 0.650. The summed E-state index contributed by atoms with van der Waals surface area (Å²) in [5.74, 6) is 0.157. The molecule has 0 N–H and O–H groups in total. The van der Waals surface area contributed by atoms with Crippen LogP contribution in [-0.4, -0.2) is 54.6 Å². The van der Waals surface area contributed by atoms with Crippen molar-refractivity contribution in [1.82, 2.24) is 9.80 Å². The van der Waals surface area contributed by atoms with Gasteiger partial charge in [-0.2, -0.15) is 0 Å². The first-order valence-corrected chi connectivity index (χ1v) is 9.43. The van der Waals surface area contributed by atoms with Crippen LogP contribution in [0.3, 0.4) is 0 Å². The van der Waals surface area contributed by atoms with Crippen molar-refractivity contribution in [1.29, 1.82) is 0 Å². The minimum absolute atomic E-state index is 0.0173. The molecule has 2 aliphatic rings. The molecular formula is C20H30N2O2. The molecule has 1 aromatic rings. The third-order valence-electron chi connectivity index (χ3n) is 5.49. The van der Waals surface area contributed by atoms with Gasteiger partial charge in [-0.25, -0.2) is 0 Å². The van der Waals surface area contributed by atoms with E-state index in [2.05, 4.69) is 40.1 Å². The summed E-state index contributed by atoms with van der Waals surface area (Å²) in [6, 6.07) is 11.4. The van der Waals surface area contributed by atoms with Gasteiger partial charge in [0.2, 0.25) is 0 Å². The van der Waals surface area contributed by atoms with E-state index < -0.39 is 0 Å². The van der Waals surface area contributed by atoms with Crippen LogP contribution in [0.25, 0.3) is 0 Å². The van der Waals surface area contributed by atoms with Crippen LogP contribution in [-0.2, 0) is 16.1 Å². The van der Waals surface area contributed by atoms with E-state index in [1.165, 1.54) is 5.56 Å². The summed E-state index contributed by atoms with van der Waals surface area (Å²) < 4.78 is 5.17. The number of nitrogens with zero attached hydrogens (tertiary/aromatic N) is 2. The zero-order valence-corrected chi connectivity index (χ0v) is 14.8. The molecule has 1 aromatic carbocycles. The van der Waals surface area contributed by atoms with E-state index in [1.54, 1.807) is 0 Å². The predicted molar refractivity (Wildman–Crippen MR) is 95.7 cm³/mol. The van der Waals surface area contributed by atoms with Crippen LogP contribution in [0, 0.1) is 5.92 Å². The molecule has 1 saturated carbocycles. The van der Waals surface area contributed by atoms with Gasteiger partial charge in [0.25, 0.3) is 0 Å². The van der Waals surface area contributed by atoms with E-state index in [0.29, 0.717) is 12.6 Å². The van der Waals surface area contributed by atoms with Crippen molar-refractivity contribution in [2.45, 2.75) is 45.2 Å². The van der Waals surface area contributed by atoms with E-state index in [9.17, 15) is 4.79 Å². The van der Waals surface area contributed by atoms with Gasteiger partial charge in [-0.15, -0.1) is 0 Å². The summed E-state index contributed by atoms with van der Waals surface area (Å²) in [5, 5.41) is 0. The Kier molecular flexibility index (Phi) is 6.27. The average molecular weight is 330 g/mol. The third-order valence-corrected chi connectivity index (χ3v) is 5.49. The van der Waals surface area contributed by atoms with Crippen LogP contribution in [0.4, 0.5) is 0 Å². The Morgan fingerprint density at radius 3 is 2.33 bits per heavy atom. The molecule has 0 atom stereocenters. The Balaban J connectivity index is 1.40. The maximum atomic E-state index is 11.9. The number of hydrogen-bond acceptors (Lipinski definition) is 4. The quantitative estimate of drug-likeness (QED) is 0.777. The lowest BCUT2D eigenvalue weighted by atomic mass is 9.85. The van der Waals surface area contributed by atoms with Gasteiger partial charge in [0.05, 0.1) is 12.5 Å². The van der Waals surface area contributed by atoms with Gasteiger partial charge in [0.15, 0.2) is 0 Å². The second kappa shape index (κ2) is 8.63. The minimum atomic E-state index is 0.0173. The summed E-state index contributed by atoms with van der Waals surface area (Å²) in [4.78, 5) is 17.0. The van der Waals surface area contributed by atoms with Crippen molar-refractivity contribution in [2.24, 2.45) is 5.92 Å². The SMILES string of the molecule is CCOC(=O)C1CCC(N2CCN(Cc3ccccc3)CC2)CC1. The number of carbonyl (C=O) groups is 1. The highest BCUT2D eigenvalue weighted by Crippen LogP contribution is 2.29. The molecule has 4 nitrogen and oxygen atoms in total. The van der Waals surface area contributed by atoms with Crippen LogP contribution in [0.1, 0.15) is 38.2 Å². The maximum Gasteiger partial charge on any atom is 0.308 e. The van der Waals surface area contributed by atoms with Crippen LogP contribution < -0.4 is 0 Å². The molecule has 0 amide bonds. The maximum absolute atomic E-state index is 11.9. The number of esters is 1. The molecule has 0 spiro atoms. The van der Waals surface area contributed by atoms with Gasteiger partial charge in [-0.3, -0.25) is 14.6 Å². The van der Waals surface area contributed by atoms with Crippen molar-refractivity contribution in [3.8, 4) is 0 Å². The van der Waals surface area contributed by atoms with E-state index in [0.717, 1.165) is 58.4 Å². The molecule has 1 saturated heterocycles. The lowest BCUT2D eigenvalue weighted by Crippen LogP contribution is -2.51.